The second kappa shape index (κ2) is 7.33. The molecule has 1 aromatic heterocycles. The van der Waals surface area contributed by atoms with E-state index in [2.05, 4.69) is 9.88 Å². The summed E-state index contributed by atoms with van der Waals surface area (Å²) in [7, 11) is 0. The first-order valence-corrected chi connectivity index (χ1v) is 7.47. The third kappa shape index (κ3) is 3.81. The number of ether oxygens (including phenoxy) is 2. The monoisotopic (exact) mass is 302 g/mol. The van der Waals surface area contributed by atoms with Crippen molar-refractivity contribution >= 4 is 0 Å². The summed E-state index contributed by atoms with van der Waals surface area (Å²) in [5.74, 6) is 0.318. The number of nitrogens with zero attached hydrogens (tertiary/aromatic N) is 2. The van der Waals surface area contributed by atoms with Crippen LogP contribution in [-0.2, 0) is 4.74 Å². The second-order valence-corrected chi connectivity index (χ2v) is 5.17. The van der Waals surface area contributed by atoms with Gasteiger partial charge in [0.15, 0.2) is 0 Å². The molecule has 0 radical (unpaired) electrons. The van der Waals surface area contributed by atoms with Crippen LogP contribution in [0.1, 0.15) is 0 Å². The lowest BCUT2D eigenvalue weighted by molar-refractivity contribution is 0.0320. The van der Waals surface area contributed by atoms with Crippen LogP contribution in [0.15, 0.2) is 42.6 Å². The van der Waals surface area contributed by atoms with Crippen molar-refractivity contribution in [1.29, 1.82) is 0 Å². The quantitative estimate of drug-likeness (QED) is 0.850. The van der Waals surface area contributed by atoms with Gasteiger partial charge in [-0.05, 0) is 12.1 Å². The lowest BCUT2D eigenvalue weighted by Crippen LogP contribution is -2.38. The van der Waals surface area contributed by atoms with Crippen LogP contribution in [-0.4, -0.2) is 49.3 Å². The Kier molecular flexibility index (Phi) is 4.98. The topological polar surface area (TPSA) is 34.6 Å². The van der Waals surface area contributed by atoms with Crippen LogP contribution in [0.5, 0.6) is 5.88 Å². The van der Waals surface area contributed by atoms with Gasteiger partial charge < -0.3 is 9.47 Å². The molecule has 2 heterocycles. The number of rotatable bonds is 5. The first kappa shape index (κ1) is 14.9. The van der Waals surface area contributed by atoms with E-state index in [-0.39, 0.29) is 5.82 Å². The predicted molar refractivity (Wildman–Crippen MR) is 82.4 cm³/mol. The van der Waals surface area contributed by atoms with Gasteiger partial charge in [0, 0.05) is 43.0 Å². The van der Waals surface area contributed by atoms with Crippen LogP contribution in [0.2, 0.25) is 0 Å². The minimum absolute atomic E-state index is 0.245. The zero-order valence-electron chi connectivity index (χ0n) is 12.4. The molecular weight excluding hydrogens is 283 g/mol. The van der Waals surface area contributed by atoms with Crippen LogP contribution in [0.4, 0.5) is 4.39 Å². The van der Waals surface area contributed by atoms with Gasteiger partial charge in [-0.15, -0.1) is 0 Å². The van der Waals surface area contributed by atoms with E-state index in [1.54, 1.807) is 24.4 Å². The molecule has 0 amide bonds. The highest BCUT2D eigenvalue weighted by atomic mass is 19.1. The standard InChI is InChI=1S/C17H19FN2O2/c18-16-4-2-1-3-15(16)14-5-6-17(19-13-14)22-12-9-20-7-10-21-11-8-20/h1-6,13H,7-12H2. The molecule has 0 N–H and O–H groups in total. The van der Waals surface area contributed by atoms with Gasteiger partial charge in [-0.2, -0.15) is 0 Å². The van der Waals surface area contributed by atoms with Crippen LogP contribution in [0, 0.1) is 5.82 Å². The molecule has 116 valence electrons. The number of hydrogen-bond donors (Lipinski definition) is 0. The molecule has 0 atom stereocenters. The Hall–Kier alpha value is -1.98. The van der Waals surface area contributed by atoms with Gasteiger partial charge in [0.05, 0.1) is 13.2 Å². The Morgan fingerprint density at radius 3 is 2.68 bits per heavy atom. The molecule has 3 rings (SSSR count). The van der Waals surface area contributed by atoms with E-state index in [1.807, 2.05) is 12.1 Å². The number of aromatic nitrogens is 1. The smallest absolute Gasteiger partial charge is 0.213 e. The van der Waals surface area contributed by atoms with Crippen molar-refractivity contribution < 1.29 is 13.9 Å². The number of morpholine rings is 1. The van der Waals surface area contributed by atoms with E-state index >= 15 is 0 Å². The molecule has 4 nitrogen and oxygen atoms in total. The molecule has 1 aliphatic rings. The Labute approximate surface area is 129 Å². The average Bonchev–Trinajstić information content (AvgIpc) is 2.57. The van der Waals surface area contributed by atoms with Crippen LogP contribution in [0.25, 0.3) is 11.1 Å². The lowest BCUT2D eigenvalue weighted by atomic mass is 10.1. The zero-order chi connectivity index (χ0) is 15.2. The van der Waals surface area contributed by atoms with E-state index in [0.717, 1.165) is 38.4 Å². The fraction of sp³-hybridized carbons (Fsp3) is 0.353. The maximum Gasteiger partial charge on any atom is 0.213 e. The van der Waals surface area contributed by atoms with Crippen molar-refractivity contribution in [2.24, 2.45) is 0 Å². The highest BCUT2D eigenvalue weighted by Gasteiger charge is 2.10. The molecule has 0 aliphatic carbocycles. The number of halogens is 1. The summed E-state index contributed by atoms with van der Waals surface area (Å²) in [6.07, 6.45) is 1.64. The van der Waals surface area contributed by atoms with E-state index in [4.69, 9.17) is 9.47 Å². The zero-order valence-corrected chi connectivity index (χ0v) is 12.4. The molecule has 1 aliphatic heterocycles. The van der Waals surface area contributed by atoms with Crippen LogP contribution in [0.3, 0.4) is 0 Å². The van der Waals surface area contributed by atoms with E-state index in [9.17, 15) is 4.39 Å². The molecule has 1 aromatic carbocycles. The first-order valence-electron chi connectivity index (χ1n) is 7.47. The van der Waals surface area contributed by atoms with Crippen LogP contribution >= 0.6 is 0 Å². The van der Waals surface area contributed by atoms with Gasteiger partial charge in [0.2, 0.25) is 5.88 Å². The molecule has 2 aromatic rings. The summed E-state index contributed by atoms with van der Waals surface area (Å²) in [5.41, 5.74) is 1.30. The van der Waals surface area contributed by atoms with Crippen molar-refractivity contribution in [1.82, 2.24) is 9.88 Å². The van der Waals surface area contributed by atoms with Crippen LogP contribution < -0.4 is 4.74 Å². The molecule has 1 fully saturated rings. The summed E-state index contributed by atoms with van der Waals surface area (Å²) in [4.78, 5) is 6.55. The minimum Gasteiger partial charge on any atom is -0.476 e. The van der Waals surface area contributed by atoms with E-state index in [0.29, 0.717) is 18.1 Å². The fourth-order valence-corrected chi connectivity index (χ4v) is 2.42. The minimum atomic E-state index is -0.245. The highest BCUT2D eigenvalue weighted by Crippen LogP contribution is 2.22. The van der Waals surface area contributed by atoms with E-state index < -0.39 is 0 Å². The summed E-state index contributed by atoms with van der Waals surface area (Å²) in [6, 6.07) is 10.3. The van der Waals surface area contributed by atoms with Gasteiger partial charge in [-0.1, -0.05) is 18.2 Å². The summed E-state index contributed by atoms with van der Waals surface area (Å²) < 4.78 is 24.7. The number of pyridine rings is 1. The van der Waals surface area contributed by atoms with Gasteiger partial charge in [0.1, 0.15) is 12.4 Å². The highest BCUT2D eigenvalue weighted by molar-refractivity contribution is 5.63. The third-order valence-electron chi connectivity index (χ3n) is 3.68. The molecule has 0 spiro atoms. The Morgan fingerprint density at radius 1 is 1.14 bits per heavy atom. The third-order valence-corrected chi connectivity index (χ3v) is 3.68. The maximum atomic E-state index is 13.7. The van der Waals surface area contributed by atoms with Gasteiger partial charge in [0.25, 0.3) is 0 Å². The first-order chi connectivity index (χ1) is 10.8. The molecule has 0 unspecified atom stereocenters. The normalized spacial score (nSPS) is 15.7. The molecule has 1 saturated heterocycles. The second-order valence-electron chi connectivity index (χ2n) is 5.17. The SMILES string of the molecule is Fc1ccccc1-c1ccc(OCCN2CCOCC2)nc1. The van der Waals surface area contributed by atoms with Gasteiger partial charge in [-0.3, -0.25) is 4.90 Å². The molecule has 0 bridgehead atoms. The fourth-order valence-electron chi connectivity index (χ4n) is 2.42. The summed E-state index contributed by atoms with van der Waals surface area (Å²) >= 11 is 0. The average molecular weight is 302 g/mol. The largest absolute Gasteiger partial charge is 0.476 e. The predicted octanol–water partition coefficient (Wildman–Crippen LogP) is 2.60. The van der Waals surface area contributed by atoms with E-state index in [1.165, 1.54) is 6.07 Å². The Balaban J connectivity index is 1.54. The summed E-state index contributed by atoms with van der Waals surface area (Å²) in [6.45, 7) is 4.92. The van der Waals surface area contributed by atoms with Crippen molar-refractivity contribution in [3.63, 3.8) is 0 Å². The molecule has 22 heavy (non-hydrogen) atoms. The van der Waals surface area contributed by atoms with Gasteiger partial charge >= 0.3 is 0 Å². The van der Waals surface area contributed by atoms with Crippen molar-refractivity contribution in [2.75, 3.05) is 39.5 Å². The maximum absolute atomic E-state index is 13.7. The van der Waals surface area contributed by atoms with Crippen molar-refractivity contribution in [2.45, 2.75) is 0 Å². The van der Waals surface area contributed by atoms with Gasteiger partial charge in [-0.25, -0.2) is 9.37 Å². The molecule has 5 heteroatoms. The van der Waals surface area contributed by atoms with Crippen molar-refractivity contribution in [3.05, 3.63) is 48.4 Å². The Morgan fingerprint density at radius 2 is 1.95 bits per heavy atom. The van der Waals surface area contributed by atoms with Crippen molar-refractivity contribution in [3.8, 4) is 17.0 Å². The lowest BCUT2D eigenvalue weighted by Gasteiger charge is -2.26. The molecular formula is C17H19FN2O2. The Bertz CT molecular complexity index is 598. The number of hydrogen-bond acceptors (Lipinski definition) is 4. The molecule has 0 saturated carbocycles. The summed E-state index contributed by atoms with van der Waals surface area (Å²) in [5, 5.41) is 0. The number of benzene rings is 1.